The van der Waals surface area contributed by atoms with Crippen LogP contribution in [0.5, 0.6) is 0 Å². The normalized spacial score (nSPS) is 16.3. The molecular weight excluding hydrogens is 234 g/mol. The Kier molecular flexibility index (Phi) is 11.7. The predicted molar refractivity (Wildman–Crippen MR) is 85.7 cm³/mol. The topological polar surface area (TPSA) is 21.3 Å². The summed E-state index contributed by atoms with van der Waals surface area (Å²) < 4.78 is 5.11. The Labute approximate surface area is 121 Å². The minimum Gasteiger partial charge on any atom is -0.383 e. The number of hydrogen-bond donors (Lipinski definition) is 1. The molecule has 0 aromatic heterocycles. The molecule has 0 aliphatic rings. The maximum atomic E-state index is 5.11. The van der Waals surface area contributed by atoms with Crippen molar-refractivity contribution in [1.29, 1.82) is 0 Å². The van der Waals surface area contributed by atoms with Gasteiger partial charge in [-0.25, -0.2) is 0 Å². The van der Waals surface area contributed by atoms with E-state index in [4.69, 9.17) is 4.74 Å². The van der Waals surface area contributed by atoms with Gasteiger partial charge in [-0.1, -0.05) is 59.8 Å². The van der Waals surface area contributed by atoms with Crippen LogP contribution in [-0.2, 0) is 4.74 Å². The number of unbranched alkanes of at least 4 members (excludes halogenated alkanes) is 1. The summed E-state index contributed by atoms with van der Waals surface area (Å²) in [6.07, 6.45) is 9.44. The molecule has 0 amide bonds. The second-order valence-corrected chi connectivity index (χ2v) is 6.35. The summed E-state index contributed by atoms with van der Waals surface area (Å²) in [6, 6.07) is 0. The molecule has 116 valence electrons. The van der Waals surface area contributed by atoms with Gasteiger partial charge in [0, 0.05) is 20.2 Å². The first-order valence-corrected chi connectivity index (χ1v) is 8.31. The highest BCUT2D eigenvalue weighted by Gasteiger charge is 2.26. The number of ether oxygens (including phenoxy) is 1. The molecule has 19 heavy (non-hydrogen) atoms. The van der Waals surface area contributed by atoms with E-state index in [1.54, 1.807) is 7.11 Å². The lowest BCUT2D eigenvalue weighted by Gasteiger charge is -2.33. The Hall–Kier alpha value is -0.0800. The maximum Gasteiger partial charge on any atom is 0.0587 e. The molecule has 0 aliphatic heterocycles. The molecule has 0 spiro atoms. The number of nitrogens with one attached hydrogen (secondary N) is 1. The van der Waals surface area contributed by atoms with Crippen molar-refractivity contribution in [3.05, 3.63) is 0 Å². The van der Waals surface area contributed by atoms with Crippen molar-refractivity contribution in [2.45, 2.75) is 72.6 Å². The van der Waals surface area contributed by atoms with E-state index in [-0.39, 0.29) is 0 Å². The molecule has 2 nitrogen and oxygen atoms in total. The zero-order valence-corrected chi connectivity index (χ0v) is 14.1. The molecule has 0 aromatic carbocycles. The van der Waals surface area contributed by atoms with Crippen molar-refractivity contribution in [2.24, 2.45) is 11.3 Å². The zero-order chi connectivity index (χ0) is 14.6. The molecule has 0 saturated heterocycles. The average molecular weight is 271 g/mol. The van der Waals surface area contributed by atoms with Crippen LogP contribution in [0.25, 0.3) is 0 Å². The molecule has 2 heteroatoms. The molecule has 0 aliphatic carbocycles. The summed E-state index contributed by atoms with van der Waals surface area (Å²) in [4.78, 5) is 0. The van der Waals surface area contributed by atoms with Crippen LogP contribution < -0.4 is 5.32 Å². The Morgan fingerprint density at radius 1 is 1.16 bits per heavy atom. The minimum absolute atomic E-state index is 0.455. The van der Waals surface area contributed by atoms with E-state index in [1.807, 2.05) is 0 Å². The minimum atomic E-state index is 0.455. The summed E-state index contributed by atoms with van der Waals surface area (Å²) in [5, 5.41) is 3.57. The lowest BCUT2D eigenvalue weighted by Crippen LogP contribution is -2.35. The van der Waals surface area contributed by atoms with Gasteiger partial charge in [-0.15, -0.1) is 0 Å². The van der Waals surface area contributed by atoms with Crippen molar-refractivity contribution in [3.63, 3.8) is 0 Å². The van der Waals surface area contributed by atoms with Crippen LogP contribution in [0, 0.1) is 11.3 Å². The highest BCUT2D eigenvalue weighted by molar-refractivity contribution is 4.80. The predicted octanol–water partition coefficient (Wildman–Crippen LogP) is 4.64. The number of rotatable bonds is 13. The molecule has 2 atom stereocenters. The van der Waals surface area contributed by atoms with Gasteiger partial charge in [0.25, 0.3) is 0 Å². The Balaban J connectivity index is 4.23. The van der Waals surface area contributed by atoms with Crippen LogP contribution in [-0.4, -0.2) is 26.8 Å². The third kappa shape index (κ3) is 9.45. The molecule has 0 radical (unpaired) electrons. The van der Waals surface area contributed by atoms with Gasteiger partial charge in [-0.2, -0.15) is 0 Å². The van der Waals surface area contributed by atoms with Gasteiger partial charge in [0.1, 0.15) is 0 Å². The quantitative estimate of drug-likeness (QED) is 0.493. The van der Waals surface area contributed by atoms with E-state index >= 15 is 0 Å². The van der Waals surface area contributed by atoms with Crippen molar-refractivity contribution in [2.75, 3.05) is 26.8 Å². The van der Waals surface area contributed by atoms with Gasteiger partial charge in [0.15, 0.2) is 0 Å². The van der Waals surface area contributed by atoms with Crippen LogP contribution in [0.3, 0.4) is 0 Å². The second-order valence-electron chi connectivity index (χ2n) is 6.35. The zero-order valence-electron chi connectivity index (χ0n) is 14.1. The first kappa shape index (κ1) is 18.9. The fourth-order valence-electron chi connectivity index (χ4n) is 3.07. The molecule has 0 bridgehead atoms. The van der Waals surface area contributed by atoms with E-state index < -0.39 is 0 Å². The van der Waals surface area contributed by atoms with Gasteiger partial charge in [-0.3, -0.25) is 0 Å². The van der Waals surface area contributed by atoms with Crippen LogP contribution in [0.1, 0.15) is 72.6 Å². The van der Waals surface area contributed by atoms with E-state index in [9.17, 15) is 0 Å². The molecule has 1 N–H and O–H groups in total. The van der Waals surface area contributed by atoms with E-state index in [1.165, 1.54) is 44.9 Å². The monoisotopic (exact) mass is 271 g/mol. The molecule has 0 fully saturated rings. The summed E-state index contributed by atoms with van der Waals surface area (Å²) in [6.45, 7) is 12.3. The van der Waals surface area contributed by atoms with Gasteiger partial charge in [0.2, 0.25) is 0 Å². The lowest BCUT2D eigenvalue weighted by molar-refractivity contribution is 0.173. The Bertz CT molecular complexity index is 196. The largest absolute Gasteiger partial charge is 0.383 e. The van der Waals surface area contributed by atoms with E-state index in [0.29, 0.717) is 5.41 Å². The smallest absolute Gasteiger partial charge is 0.0587 e. The number of hydrogen-bond acceptors (Lipinski definition) is 2. The van der Waals surface area contributed by atoms with Gasteiger partial charge >= 0.3 is 0 Å². The van der Waals surface area contributed by atoms with E-state index in [0.717, 1.165) is 25.6 Å². The van der Waals surface area contributed by atoms with Gasteiger partial charge < -0.3 is 10.1 Å². The van der Waals surface area contributed by atoms with Crippen LogP contribution in [0.4, 0.5) is 0 Å². The molecule has 0 rings (SSSR count). The fourth-order valence-corrected chi connectivity index (χ4v) is 3.07. The van der Waals surface area contributed by atoms with Gasteiger partial charge in [-0.05, 0) is 24.2 Å². The molecule has 0 aromatic rings. The third-order valence-corrected chi connectivity index (χ3v) is 4.21. The SMILES string of the molecule is CCCCC(CC)CC(C)(CCC)CNCCOC. The highest BCUT2D eigenvalue weighted by Crippen LogP contribution is 2.34. The maximum absolute atomic E-state index is 5.11. The van der Waals surface area contributed by atoms with Crippen LogP contribution in [0.15, 0.2) is 0 Å². The average Bonchev–Trinajstić information content (AvgIpc) is 2.40. The third-order valence-electron chi connectivity index (χ3n) is 4.21. The lowest BCUT2D eigenvalue weighted by atomic mass is 9.75. The Morgan fingerprint density at radius 2 is 1.89 bits per heavy atom. The fraction of sp³-hybridized carbons (Fsp3) is 1.00. The highest BCUT2D eigenvalue weighted by atomic mass is 16.5. The van der Waals surface area contributed by atoms with Crippen molar-refractivity contribution in [1.82, 2.24) is 5.32 Å². The van der Waals surface area contributed by atoms with Crippen LogP contribution in [0.2, 0.25) is 0 Å². The number of methoxy groups -OCH3 is 1. The van der Waals surface area contributed by atoms with E-state index in [2.05, 4.69) is 33.0 Å². The molecular formula is C17H37NO. The molecule has 2 unspecified atom stereocenters. The Morgan fingerprint density at radius 3 is 2.42 bits per heavy atom. The first-order valence-electron chi connectivity index (χ1n) is 8.31. The summed E-state index contributed by atoms with van der Waals surface area (Å²) in [7, 11) is 1.77. The summed E-state index contributed by atoms with van der Waals surface area (Å²) >= 11 is 0. The summed E-state index contributed by atoms with van der Waals surface area (Å²) in [5.41, 5.74) is 0.455. The molecule has 0 saturated carbocycles. The molecule has 0 heterocycles. The van der Waals surface area contributed by atoms with Gasteiger partial charge in [0.05, 0.1) is 6.61 Å². The second kappa shape index (κ2) is 11.7. The summed E-state index contributed by atoms with van der Waals surface area (Å²) in [5.74, 6) is 0.903. The first-order chi connectivity index (χ1) is 9.11. The van der Waals surface area contributed by atoms with Crippen molar-refractivity contribution in [3.8, 4) is 0 Å². The van der Waals surface area contributed by atoms with Crippen molar-refractivity contribution >= 4 is 0 Å². The van der Waals surface area contributed by atoms with Crippen LogP contribution >= 0.6 is 0 Å². The van der Waals surface area contributed by atoms with Crippen molar-refractivity contribution < 1.29 is 4.74 Å². The standard InChI is InChI=1S/C17H37NO/c1-6-9-10-16(8-3)14-17(4,11-7-2)15-18-12-13-19-5/h16,18H,6-15H2,1-5H3.